The summed E-state index contributed by atoms with van der Waals surface area (Å²) in [6.45, 7) is 4.02. The average Bonchev–Trinajstić information content (AvgIpc) is 3.30. The van der Waals surface area contributed by atoms with Crippen molar-refractivity contribution in [2.45, 2.75) is 64.5 Å². The number of anilines is 4. The Morgan fingerprint density at radius 2 is 1.90 bits per heavy atom. The highest BCUT2D eigenvalue weighted by Gasteiger charge is 2.40. The van der Waals surface area contributed by atoms with Crippen molar-refractivity contribution in [3.63, 3.8) is 0 Å². The molecule has 0 radical (unpaired) electrons. The van der Waals surface area contributed by atoms with Crippen molar-refractivity contribution < 1.29 is 14.7 Å². The molecule has 0 saturated heterocycles. The second kappa shape index (κ2) is 8.53. The second-order valence-electron chi connectivity index (χ2n) is 8.24. The van der Waals surface area contributed by atoms with Crippen molar-refractivity contribution >= 4 is 34.9 Å². The van der Waals surface area contributed by atoms with Crippen LogP contribution in [0.4, 0.5) is 23.0 Å². The van der Waals surface area contributed by atoms with Gasteiger partial charge in [-0.15, -0.1) is 0 Å². The van der Waals surface area contributed by atoms with E-state index in [-0.39, 0.29) is 17.5 Å². The Morgan fingerprint density at radius 3 is 2.55 bits per heavy atom. The SMILES string of the molecule is CCc1cc(C(=O)O)cnc1Nc1cc2c(cn1)N(C)C(=O)[C@@H](CC)N2C1CCCC1. The maximum Gasteiger partial charge on any atom is 0.337 e. The van der Waals surface area contributed by atoms with Crippen LogP contribution in [0.2, 0.25) is 0 Å². The lowest BCUT2D eigenvalue weighted by Crippen LogP contribution is -2.55. The van der Waals surface area contributed by atoms with E-state index in [1.165, 1.54) is 19.0 Å². The first kappa shape index (κ1) is 21.1. The van der Waals surface area contributed by atoms with Crippen molar-refractivity contribution in [2.75, 3.05) is 22.2 Å². The van der Waals surface area contributed by atoms with Crippen LogP contribution in [-0.2, 0) is 11.2 Å². The van der Waals surface area contributed by atoms with Gasteiger partial charge in [-0.05, 0) is 37.3 Å². The molecule has 164 valence electrons. The van der Waals surface area contributed by atoms with Crippen LogP contribution in [0.1, 0.15) is 61.9 Å². The summed E-state index contributed by atoms with van der Waals surface area (Å²) in [6.07, 6.45) is 9.05. The molecule has 0 unspecified atom stereocenters. The number of pyridine rings is 2. The van der Waals surface area contributed by atoms with Gasteiger partial charge in [0.1, 0.15) is 17.7 Å². The molecule has 1 saturated carbocycles. The van der Waals surface area contributed by atoms with Gasteiger partial charge in [-0.1, -0.05) is 26.7 Å². The molecule has 2 aromatic heterocycles. The van der Waals surface area contributed by atoms with E-state index in [4.69, 9.17) is 0 Å². The van der Waals surface area contributed by atoms with Gasteiger partial charge in [0.15, 0.2) is 0 Å². The van der Waals surface area contributed by atoms with E-state index in [0.29, 0.717) is 24.1 Å². The lowest BCUT2D eigenvalue weighted by Gasteiger charge is -2.44. The Balaban J connectivity index is 1.72. The zero-order valence-corrected chi connectivity index (χ0v) is 18.3. The summed E-state index contributed by atoms with van der Waals surface area (Å²) in [5, 5.41) is 12.5. The summed E-state index contributed by atoms with van der Waals surface area (Å²) >= 11 is 0. The number of aromatic carboxylic acids is 1. The first-order valence-electron chi connectivity index (χ1n) is 11.0. The number of hydrogen-bond acceptors (Lipinski definition) is 6. The minimum atomic E-state index is -0.994. The first-order valence-corrected chi connectivity index (χ1v) is 11.0. The number of aryl methyl sites for hydroxylation is 1. The van der Waals surface area contributed by atoms with Crippen molar-refractivity contribution in [2.24, 2.45) is 0 Å². The Morgan fingerprint density at radius 1 is 1.16 bits per heavy atom. The Hall–Kier alpha value is -3.16. The number of carboxylic acids is 1. The molecule has 1 aliphatic heterocycles. The smallest absolute Gasteiger partial charge is 0.337 e. The summed E-state index contributed by atoms with van der Waals surface area (Å²) in [5.74, 6) is 0.346. The second-order valence-corrected chi connectivity index (χ2v) is 8.24. The number of nitrogens with zero attached hydrogens (tertiary/aromatic N) is 4. The van der Waals surface area contributed by atoms with E-state index < -0.39 is 5.97 Å². The molecule has 2 aromatic rings. The minimum absolute atomic E-state index is 0.114. The summed E-state index contributed by atoms with van der Waals surface area (Å²) in [7, 11) is 1.81. The quantitative estimate of drug-likeness (QED) is 0.725. The fourth-order valence-electron chi connectivity index (χ4n) is 4.74. The van der Waals surface area contributed by atoms with E-state index in [1.807, 2.05) is 20.0 Å². The largest absolute Gasteiger partial charge is 0.478 e. The lowest BCUT2D eigenvalue weighted by molar-refractivity contribution is -0.120. The van der Waals surface area contributed by atoms with Crippen LogP contribution in [-0.4, -0.2) is 46.1 Å². The number of fused-ring (bicyclic) bond motifs is 1. The zero-order valence-electron chi connectivity index (χ0n) is 18.3. The third-order valence-electron chi connectivity index (χ3n) is 6.40. The standard InChI is InChI=1S/C23H29N5O3/c1-4-14-10-15(23(30)31)12-25-21(14)26-20-11-18-19(13-24-20)27(3)22(29)17(5-2)28(18)16-8-6-7-9-16/h10-13,16-17H,4-9H2,1-3H3,(H,30,31)(H,24,25,26)/t17-/m1/s1. The van der Waals surface area contributed by atoms with Gasteiger partial charge in [0.05, 0.1) is 23.1 Å². The van der Waals surface area contributed by atoms with E-state index in [9.17, 15) is 14.7 Å². The number of nitrogens with one attached hydrogen (secondary N) is 1. The Labute approximate surface area is 182 Å². The average molecular weight is 424 g/mol. The third-order valence-corrected chi connectivity index (χ3v) is 6.40. The van der Waals surface area contributed by atoms with Crippen LogP contribution >= 0.6 is 0 Å². The van der Waals surface area contributed by atoms with Gasteiger partial charge in [0, 0.05) is 25.4 Å². The molecule has 0 bridgehead atoms. The van der Waals surface area contributed by atoms with Crippen LogP contribution in [0, 0.1) is 0 Å². The molecule has 1 fully saturated rings. The molecule has 31 heavy (non-hydrogen) atoms. The predicted octanol–water partition coefficient (Wildman–Crippen LogP) is 3.98. The fraction of sp³-hybridized carbons (Fsp3) is 0.478. The third kappa shape index (κ3) is 3.82. The lowest BCUT2D eigenvalue weighted by atomic mass is 10.0. The summed E-state index contributed by atoms with van der Waals surface area (Å²) in [4.78, 5) is 37.2. The van der Waals surface area contributed by atoms with Crippen LogP contribution in [0.3, 0.4) is 0 Å². The van der Waals surface area contributed by atoms with Crippen molar-refractivity contribution in [1.82, 2.24) is 9.97 Å². The summed E-state index contributed by atoms with van der Waals surface area (Å²) in [6, 6.07) is 3.82. The molecule has 2 aliphatic rings. The van der Waals surface area contributed by atoms with Gasteiger partial charge < -0.3 is 20.2 Å². The van der Waals surface area contributed by atoms with E-state index in [2.05, 4.69) is 27.1 Å². The molecule has 1 aliphatic carbocycles. The molecule has 8 heteroatoms. The monoisotopic (exact) mass is 423 g/mol. The molecule has 0 aromatic carbocycles. The number of rotatable bonds is 6. The molecular formula is C23H29N5O3. The Bertz CT molecular complexity index is 1000. The van der Waals surface area contributed by atoms with E-state index in [0.717, 1.165) is 36.2 Å². The van der Waals surface area contributed by atoms with Crippen molar-refractivity contribution in [3.8, 4) is 0 Å². The van der Waals surface area contributed by atoms with Crippen molar-refractivity contribution in [1.29, 1.82) is 0 Å². The van der Waals surface area contributed by atoms with Crippen molar-refractivity contribution in [3.05, 3.63) is 35.7 Å². The highest BCUT2D eigenvalue weighted by Crippen LogP contribution is 2.41. The molecule has 1 atom stereocenters. The van der Waals surface area contributed by atoms with Crippen LogP contribution in [0.5, 0.6) is 0 Å². The van der Waals surface area contributed by atoms with Crippen LogP contribution in [0.15, 0.2) is 24.5 Å². The fourth-order valence-corrected chi connectivity index (χ4v) is 4.74. The van der Waals surface area contributed by atoms with Gasteiger partial charge in [0.25, 0.3) is 0 Å². The number of likely N-dealkylation sites (N-methyl/N-ethyl adjacent to an activating group) is 1. The first-order chi connectivity index (χ1) is 14.9. The topological polar surface area (TPSA) is 98.7 Å². The molecular weight excluding hydrogens is 394 g/mol. The maximum absolute atomic E-state index is 13.0. The Kier molecular flexibility index (Phi) is 5.80. The molecule has 1 amide bonds. The molecule has 8 nitrogen and oxygen atoms in total. The van der Waals surface area contributed by atoms with Crippen LogP contribution < -0.4 is 15.1 Å². The normalized spacial score (nSPS) is 18.9. The molecule has 0 spiro atoms. The molecule has 3 heterocycles. The highest BCUT2D eigenvalue weighted by molar-refractivity contribution is 6.05. The van der Waals surface area contributed by atoms with E-state index in [1.54, 1.807) is 17.2 Å². The minimum Gasteiger partial charge on any atom is -0.478 e. The number of hydrogen-bond donors (Lipinski definition) is 2. The van der Waals surface area contributed by atoms with Gasteiger partial charge >= 0.3 is 5.97 Å². The maximum atomic E-state index is 13.0. The zero-order chi connectivity index (χ0) is 22.1. The number of carbonyl (C=O) groups is 2. The van der Waals surface area contributed by atoms with Gasteiger partial charge in [-0.3, -0.25) is 4.79 Å². The highest BCUT2D eigenvalue weighted by atomic mass is 16.4. The summed E-state index contributed by atoms with van der Waals surface area (Å²) < 4.78 is 0. The van der Waals surface area contributed by atoms with Gasteiger partial charge in [0.2, 0.25) is 5.91 Å². The number of carbonyl (C=O) groups excluding carboxylic acids is 1. The van der Waals surface area contributed by atoms with Gasteiger partial charge in [-0.2, -0.15) is 0 Å². The molecule has 4 rings (SSSR count). The predicted molar refractivity (Wildman–Crippen MR) is 120 cm³/mol. The van der Waals surface area contributed by atoms with E-state index >= 15 is 0 Å². The summed E-state index contributed by atoms with van der Waals surface area (Å²) in [5.41, 5.74) is 2.81. The number of carboxylic acid groups (broad SMARTS) is 1. The van der Waals surface area contributed by atoms with Gasteiger partial charge in [-0.25, -0.2) is 14.8 Å². The number of amides is 1. The van der Waals surface area contributed by atoms with Crippen LogP contribution in [0.25, 0.3) is 0 Å². The molecule has 2 N–H and O–H groups in total. The number of aromatic nitrogens is 2.